The third kappa shape index (κ3) is 5.34. The van der Waals surface area contributed by atoms with Crippen molar-refractivity contribution >= 4 is 5.69 Å². The first-order valence-corrected chi connectivity index (χ1v) is 7.52. The Morgan fingerprint density at radius 3 is 2.96 bits per heavy atom. The second-order valence-electron chi connectivity index (χ2n) is 5.69. The average Bonchev–Trinajstić information content (AvgIpc) is 2.52. The van der Waals surface area contributed by atoms with Crippen molar-refractivity contribution in [2.45, 2.75) is 32.1 Å². The number of nitrogens with one attached hydrogen (secondary N) is 1. The van der Waals surface area contributed by atoms with Gasteiger partial charge in [-0.15, -0.1) is 0 Å². The third-order valence-corrected chi connectivity index (χ3v) is 3.23. The van der Waals surface area contributed by atoms with Gasteiger partial charge in [0.05, 0.1) is 30.3 Å². The molecule has 0 aromatic heterocycles. The van der Waals surface area contributed by atoms with E-state index in [-0.39, 0.29) is 25.0 Å². The largest absolute Gasteiger partial charge is 0.486 e. The first-order chi connectivity index (χ1) is 11.0. The molecule has 0 saturated heterocycles. The van der Waals surface area contributed by atoms with Gasteiger partial charge in [-0.25, -0.2) is 0 Å². The molecular weight excluding hydrogens is 304 g/mol. The molecule has 0 aliphatic carbocycles. The number of aliphatic hydroxyl groups excluding tert-OH is 1. The van der Waals surface area contributed by atoms with Crippen LogP contribution in [-0.2, 0) is 4.74 Å². The molecule has 2 unspecified atom stereocenters. The van der Waals surface area contributed by atoms with E-state index in [1.54, 1.807) is 0 Å². The van der Waals surface area contributed by atoms with Gasteiger partial charge in [-0.1, -0.05) is 13.8 Å². The number of hydrogen-bond acceptors (Lipinski definition) is 7. The van der Waals surface area contributed by atoms with E-state index in [0.717, 1.165) is 0 Å². The number of rotatable bonds is 8. The lowest BCUT2D eigenvalue weighted by atomic mass is 10.2. The standard InChI is InChI=1S/C15H22N2O6/c1-10(2)16-6-12(18)7-21-8-13-9-22-14-4-3-11(17(19)20)5-15(14)23-13/h3-5,10,12-13,16,18H,6-9H2,1-2H3. The zero-order valence-electron chi connectivity index (χ0n) is 13.2. The van der Waals surface area contributed by atoms with E-state index in [4.69, 9.17) is 14.2 Å². The van der Waals surface area contributed by atoms with Crippen LogP contribution in [0.4, 0.5) is 5.69 Å². The number of hydrogen-bond donors (Lipinski definition) is 2. The Hall–Kier alpha value is -1.90. The van der Waals surface area contributed by atoms with E-state index >= 15 is 0 Å². The van der Waals surface area contributed by atoms with Crippen LogP contribution in [0.25, 0.3) is 0 Å². The summed E-state index contributed by atoms with van der Waals surface area (Å²) in [6, 6.07) is 4.53. The van der Waals surface area contributed by atoms with Gasteiger partial charge in [-0.05, 0) is 6.07 Å². The van der Waals surface area contributed by atoms with Crippen molar-refractivity contribution in [2.24, 2.45) is 0 Å². The maximum absolute atomic E-state index is 10.8. The van der Waals surface area contributed by atoms with E-state index in [0.29, 0.717) is 30.7 Å². The third-order valence-electron chi connectivity index (χ3n) is 3.23. The lowest BCUT2D eigenvalue weighted by Crippen LogP contribution is -2.37. The van der Waals surface area contributed by atoms with Crippen molar-refractivity contribution in [3.05, 3.63) is 28.3 Å². The van der Waals surface area contributed by atoms with E-state index in [1.165, 1.54) is 18.2 Å². The Kier molecular flexibility index (Phi) is 6.14. The van der Waals surface area contributed by atoms with E-state index < -0.39 is 11.0 Å². The molecule has 0 spiro atoms. The minimum Gasteiger partial charge on any atom is -0.486 e. The Balaban J connectivity index is 1.78. The molecule has 128 valence electrons. The van der Waals surface area contributed by atoms with Gasteiger partial charge in [0.25, 0.3) is 5.69 Å². The van der Waals surface area contributed by atoms with Crippen LogP contribution < -0.4 is 14.8 Å². The summed E-state index contributed by atoms with van der Waals surface area (Å²) in [6.07, 6.45) is -0.968. The summed E-state index contributed by atoms with van der Waals surface area (Å²) >= 11 is 0. The quantitative estimate of drug-likeness (QED) is 0.545. The van der Waals surface area contributed by atoms with Gasteiger partial charge in [0, 0.05) is 18.7 Å². The van der Waals surface area contributed by atoms with Crippen LogP contribution in [0.5, 0.6) is 11.5 Å². The van der Waals surface area contributed by atoms with Crippen LogP contribution in [0.2, 0.25) is 0 Å². The highest BCUT2D eigenvalue weighted by atomic mass is 16.6. The number of nitro groups is 1. The molecule has 0 radical (unpaired) electrons. The summed E-state index contributed by atoms with van der Waals surface area (Å²) in [5, 5.41) is 23.6. The van der Waals surface area contributed by atoms with Gasteiger partial charge < -0.3 is 24.6 Å². The molecule has 8 nitrogen and oxygen atoms in total. The monoisotopic (exact) mass is 326 g/mol. The van der Waals surface area contributed by atoms with Crippen LogP contribution in [0.15, 0.2) is 18.2 Å². The fourth-order valence-corrected chi connectivity index (χ4v) is 2.07. The lowest BCUT2D eigenvalue weighted by molar-refractivity contribution is -0.385. The number of ether oxygens (including phenoxy) is 3. The molecule has 1 heterocycles. The molecule has 1 aliphatic heterocycles. The van der Waals surface area contributed by atoms with Gasteiger partial charge in [0.15, 0.2) is 17.6 Å². The van der Waals surface area contributed by atoms with Crippen LogP contribution in [0, 0.1) is 10.1 Å². The molecule has 2 rings (SSSR count). The second-order valence-corrected chi connectivity index (χ2v) is 5.69. The number of benzene rings is 1. The summed E-state index contributed by atoms with van der Waals surface area (Å²) < 4.78 is 16.6. The normalized spacial score (nSPS) is 18.0. The van der Waals surface area contributed by atoms with Crippen molar-refractivity contribution in [1.82, 2.24) is 5.32 Å². The number of fused-ring (bicyclic) bond motifs is 1. The number of nitrogens with zero attached hydrogens (tertiary/aromatic N) is 1. The van der Waals surface area contributed by atoms with Crippen molar-refractivity contribution in [2.75, 3.05) is 26.4 Å². The molecule has 0 saturated carbocycles. The Bertz CT molecular complexity index is 537. The maximum Gasteiger partial charge on any atom is 0.273 e. The highest BCUT2D eigenvalue weighted by Crippen LogP contribution is 2.34. The summed E-state index contributed by atoms with van der Waals surface area (Å²) in [7, 11) is 0. The van der Waals surface area contributed by atoms with Crippen LogP contribution >= 0.6 is 0 Å². The molecule has 2 atom stereocenters. The Morgan fingerprint density at radius 2 is 2.26 bits per heavy atom. The van der Waals surface area contributed by atoms with Gasteiger partial charge in [-0.2, -0.15) is 0 Å². The topological polar surface area (TPSA) is 103 Å². The zero-order valence-corrected chi connectivity index (χ0v) is 13.2. The van der Waals surface area contributed by atoms with E-state index in [1.807, 2.05) is 13.8 Å². The minimum absolute atomic E-state index is 0.0518. The molecular formula is C15H22N2O6. The zero-order chi connectivity index (χ0) is 16.8. The predicted molar refractivity (Wildman–Crippen MR) is 83.0 cm³/mol. The number of aliphatic hydroxyl groups is 1. The first-order valence-electron chi connectivity index (χ1n) is 7.52. The highest BCUT2D eigenvalue weighted by molar-refractivity contribution is 5.49. The summed E-state index contributed by atoms with van der Waals surface area (Å²) in [5.74, 6) is 0.814. The summed E-state index contributed by atoms with van der Waals surface area (Å²) in [5.41, 5.74) is -0.0518. The van der Waals surface area contributed by atoms with Gasteiger partial charge >= 0.3 is 0 Å². The molecule has 0 bridgehead atoms. The molecule has 23 heavy (non-hydrogen) atoms. The van der Waals surface area contributed by atoms with Crippen molar-refractivity contribution in [3.8, 4) is 11.5 Å². The maximum atomic E-state index is 10.8. The molecule has 0 amide bonds. The SMILES string of the molecule is CC(C)NCC(O)COCC1COc2ccc([N+](=O)[O-])cc2O1. The molecule has 1 aromatic carbocycles. The highest BCUT2D eigenvalue weighted by Gasteiger charge is 2.23. The minimum atomic E-state index is -0.602. The van der Waals surface area contributed by atoms with E-state index in [2.05, 4.69) is 5.32 Å². The molecule has 2 N–H and O–H groups in total. The molecule has 0 fully saturated rings. The average molecular weight is 326 g/mol. The van der Waals surface area contributed by atoms with Crippen LogP contribution in [-0.4, -0.2) is 54.6 Å². The lowest BCUT2D eigenvalue weighted by Gasteiger charge is -2.26. The van der Waals surface area contributed by atoms with Gasteiger partial charge in [-0.3, -0.25) is 10.1 Å². The van der Waals surface area contributed by atoms with Crippen molar-refractivity contribution < 1.29 is 24.2 Å². The second kappa shape index (κ2) is 8.09. The van der Waals surface area contributed by atoms with E-state index in [9.17, 15) is 15.2 Å². The number of non-ortho nitro benzene ring substituents is 1. The summed E-state index contributed by atoms with van der Waals surface area (Å²) in [6.45, 7) is 5.16. The first kappa shape index (κ1) is 17.5. The van der Waals surface area contributed by atoms with Crippen molar-refractivity contribution in [1.29, 1.82) is 0 Å². The Labute approximate surface area is 134 Å². The smallest absolute Gasteiger partial charge is 0.273 e. The van der Waals surface area contributed by atoms with Gasteiger partial charge in [0.1, 0.15) is 6.61 Å². The fourth-order valence-electron chi connectivity index (χ4n) is 2.07. The van der Waals surface area contributed by atoms with Gasteiger partial charge in [0.2, 0.25) is 0 Å². The molecule has 1 aliphatic rings. The predicted octanol–water partition coefficient (Wildman–Crippen LogP) is 1.11. The fraction of sp³-hybridized carbons (Fsp3) is 0.600. The van der Waals surface area contributed by atoms with Crippen molar-refractivity contribution in [3.63, 3.8) is 0 Å². The van der Waals surface area contributed by atoms with Crippen LogP contribution in [0.3, 0.4) is 0 Å². The molecule has 1 aromatic rings. The summed E-state index contributed by atoms with van der Waals surface area (Å²) in [4.78, 5) is 10.3. The van der Waals surface area contributed by atoms with Crippen LogP contribution in [0.1, 0.15) is 13.8 Å². The molecule has 8 heteroatoms. The number of nitro benzene ring substituents is 1. The Morgan fingerprint density at radius 1 is 1.48 bits per heavy atom.